The topological polar surface area (TPSA) is 98.7 Å². The highest BCUT2D eigenvalue weighted by atomic mass is 16.3. The fourth-order valence-electron chi connectivity index (χ4n) is 3.63. The Balaban J connectivity index is 5.60. The predicted molar refractivity (Wildman–Crippen MR) is 109 cm³/mol. The lowest BCUT2D eigenvalue weighted by Gasteiger charge is -2.43. The average molecular weight is 387 g/mol. The molecule has 0 fully saturated rings. The van der Waals surface area contributed by atoms with Gasteiger partial charge in [0.05, 0.1) is 23.3 Å². The lowest BCUT2D eigenvalue weighted by molar-refractivity contribution is -0.146. The van der Waals surface area contributed by atoms with Crippen LogP contribution in [0.1, 0.15) is 83.1 Å². The summed E-state index contributed by atoms with van der Waals surface area (Å²) in [5, 5.41) is 26.7. The summed E-state index contributed by atoms with van der Waals surface area (Å²) >= 11 is 0. The zero-order chi connectivity index (χ0) is 22.2. The van der Waals surface area contributed by atoms with Gasteiger partial charge in [0.15, 0.2) is 0 Å². The van der Waals surface area contributed by atoms with Gasteiger partial charge in [-0.3, -0.25) is 9.59 Å². The van der Waals surface area contributed by atoms with Crippen molar-refractivity contribution in [2.24, 2.45) is 16.2 Å². The van der Waals surface area contributed by atoms with E-state index in [1.165, 1.54) is 0 Å². The van der Waals surface area contributed by atoms with E-state index in [4.69, 9.17) is 0 Å². The number of carbonyl (C=O) groups is 2. The summed E-state index contributed by atoms with van der Waals surface area (Å²) < 4.78 is 0. The van der Waals surface area contributed by atoms with Crippen molar-refractivity contribution in [2.45, 2.75) is 106 Å². The van der Waals surface area contributed by atoms with Gasteiger partial charge < -0.3 is 20.8 Å². The third-order valence-electron chi connectivity index (χ3n) is 4.83. The molecule has 0 aromatic rings. The molecule has 0 spiro atoms. The molecule has 2 amide bonds. The van der Waals surface area contributed by atoms with Crippen LogP contribution in [0.3, 0.4) is 0 Å². The molecule has 160 valence electrons. The molecule has 6 heteroatoms. The van der Waals surface area contributed by atoms with Crippen LogP contribution in [-0.4, -0.2) is 45.3 Å². The summed E-state index contributed by atoms with van der Waals surface area (Å²) in [5.41, 5.74) is -4.48. The van der Waals surface area contributed by atoms with Gasteiger partial charge in [-0.2, -0.15) is 0 Å². The molecule has 0 rings (SSSR count). The second kappa shape index (κ2) is 7.70. The normalized spacial score (nSPS) is 16.5. The van der Waals surface area contributed by atoms with Crippen LogP contribution in [0, 0.1) is 16.2 Å². The first kappa shape index (κ1) is 25.9. The quantitative estimate of drug-likeness (QED) is 0.527. The van der Waals surface area contributed by atoms with Gasteiger partial charge in [-0.1, -0.05) is 41.5 Å². The molecule has 0 aromatic carbocycles. The molecule has 0 aliphatic carbocycles. The third kappa shape index (κ3) is 7.07. The maximum absolute atomic E-state index is 12.9. The van der Waals surface area contributed by atoms with E-state index in [2.05, 4.69) is 10.6 Å². The number of amides is 2. The molecular weight excluding hydrogens is 344 g/mol. The molecule has 0 radical (unpaired) electrons. The van der Waals surface area contributed by atoms with E-state index in [0.717, 1.165) is 0 Å². The molecule has 0 saturated carbocycles. The molecule has 0 aromatic heterocycles. The molecule has 0 aliphatic rings. The molecule has 27 heavy (non-hydrogen) atoms. The van der Waals surface area contributed by atoms with Crippen molar-refractivity contribution in [3.05, 3.63) is 0 Å². The highest BCUT2D eigenvalue weighted by Crippen LogP contribution is 2.31. The number of hydrogen-bond donors (Lipinski definition) is 4. The molecule has 2 unspecified atom stereocenters. The minimum atomic E-state index is -1.37. The third-order valence-corrected chi connectivity index (χ3v) is 4.83. The van der Waals surface area contributed by atoms with E-state index in [-0.39, 0.29) is 0 Å². The smallest absolute Gasteiger partial charge is 0.235 e. The summed E-state index contributed by atoms with van der Waals surface area (Å²) in [5.74, 6) is -0.934. The van der Waals surface area contributed by atoms with Crippen LogP contribution < -0.4 is 10.6 Å². The Morgan fingerprint density at radius 3 is 0.963 bits per heavy atom. The van der Waals surface area contributed by atoms with Gasteiger partial charge in [-0.15, -0.1) is 0 Å². The number of nitrogens with one attached hydrogen (secondary N) is 2. The molecule has 6 nitrogen and oxygen atoms in total. The first-order valence-corrected chi connectivity index (χ1v) is 9.59. The number of carbonyl (C=O) groups excluding carboxylic acids is 2. The largest absolute Gasteiger partial charge is 0.388 e. The highest BCUT2D eigenvalue weighted by Gasteiger charge is 2.46. The fourth-order valence-corrected chi connectivity index (χ4v) is 3.63. The lowest BCUT2D eigenvalue weighted by atomic mass is 9.76. The SMILES string of the molecule is CC(C)(C(=O)NC(C(C)(C)C)C(C)(C)O)C(=O)NC(C(C)(C)C)C(C)(C)O. The first-order chi connectivity index (χ1) is 11.5. The summed E-state index contributed by atoms with van der Waals surface area (Å²) in [7, 11) is 0. The van der Waals surface area contributed by atoms with Crippen LogP contribution >= 0.6 is 0 Å². The van der Waals surface area contributed by atoms with Crippen molar-refractivity contribution in [1.82, 2.24) is 10.6 Å². The van der Waals surface area contributed by atoms with Gasteiger partial charge in [0.25, 0.3) is 0 Å². The first-order valence-electron chi connectivity index (χ1n) is 9.59. The summed E-state index contributed by atoms with van der Waals surface area (Å²) in [6, 6.07) is -1.09. The van der Waals surface area contributed by atoms with Crippen LogP contribution in [0.25, 0.3) is 0 Å². The van der Waals surface area contributed by atoms with Crippen LogP contribution in [0.5, 0.6) is 0 Å². The standard InChI is InChI=1S/C21H42N2O4/c1-17(2,3)13(20(9,10)26)22-15(24)19(7,8)16(25)23-14(18(4,5)6)21(11,12)27/h13-14,26-27H,1-12H3,(H,22,24)(H,23,25). The second-order valence-electron chi connectivity index (χ2n) is 11.5. The lowest BCUT2D eigenvalue weighted by Crippen LogP contribution is -2.63. The van der Waals surface area contributed by atoms with Gasteiger partial charge in [0, 0.05) is 0 Å². The summed E-state index contributed by atoms with van der Waals surface area (Å²) in [4.78, 5) is 25.9. The minimum Gasteiger partial charge on any atom is -0.388 e. The Morgan fingerprint density at radius 1 is 0.593 bits per heavy atom. The molecule has 0 saturated heterocycles. The van der Waals surface area contributed by atoms with Gasteiger partial charge in [0.2, 0.25) is 11.8 Å². The van der Waals surface area contributed by atoms with Crippen molar-refractivity contribution < 1.29 is 19.8 Å². The van der Waals surface area contributed by atoms with Gasteiger partial charge in [0.1, 0.15) is 5.41 Å². The van der Waals surface area contributed by atoms with E-state index in [1.54, 1.807) is 41.5 Å². The second-order valence-corrected chi connectivity index (χ2v) is 11.5. The Kier molecular flexibility index (Phi) is 7.38. The molecular formula is C21H42N2O4. The van der Waals surface area contributed by atoms with Crippen molar-refractivity contribution in [1.29, 1.82) is 0 Å². The van der Waals surface area contributed by atoms with Crippen molar-refractivity contribution in [2.75, 3.05) is 0 Å². The average Bonchev–Trinajstić information content (AvgIpc) is 2.35. The van der Waals surface area contributed by atoms with Crippen LogP contribution in [0.4, 0.5) is 0 Å². The Hall–Kier alpha value is -1.14. The zero-order valence-electron chi connectivity index (χ0n) is 19.4. The zero-order valence-corrected chi connectivity index (χ0v) is 19.4. The maximum Gasteiger partial charge on any atom is 0.235 e. The monoisotopic (exact) mass is 386 g/mol. The number of hydrogen-bond acceptors (Lipinski definition) is 4. The maximum atomic E-state index is 12.9. The molecule has 0 bridgehead atoms. The predicted octanol–water partition coefficient (Wildman–Crippen LogP) is 2.62. The van der Waals surface area contributed by atoms with Gasteiger partial charge in [-0.25, -0.2) is 0 Å². The number of aliphatic hydroxyl groups is 2. The van der Waals surface area contributed by atoms with E-state index in [0.29, 0.717) is 0 Å². The fraction of sp³-hybridized carbons (Fsp3) is 0.905. The summed E-state index contributed by atoms with van der Waals surface area (Å²) in [6.07, 6.45) is 0. The van der Waals surface area contributed by atoms with Crippen molar-refractivity contribution in [3.8, 4) is 0 Å². The van der Waals surface area contributed by atoms with E-state index in [9.17, 15) is 19.8 Å². The summed E-state index contributed by atoms with van der Waals surface area (Å²) in [6.45, 7) is 21.2. The van der Waals surface area contributed by atoms with E-state index >= 15 is 0 Å². The van der Waals surface area contributed by atoms with Crippen LogP contribution in [-0.2, 0) is 9.59 Å². The molecule has 4 N–H and O–H groups in total. The van der Waals surface area contributed by atoms with Crippen molar-refractivity contribution >= 4 is 11.8 Å². The van der Waals surface area contributed by atoms with E-state index < -0.39 is 51.3 Å². The van der Waals surface area contributed by atoms with Crippen molar-refractivity contribution in [3.63, 3.8) is 0 Å². The number of rotatable bonds is 6. The van der Waals surface area contributed by atoms with Gasteiger partial charge >= 0.3 is 0 Å². The minimum absolute atomic E-state index is 0.401. The molecule has 0 aliphatic heterocycles. The Labute approximate surface area is 165 Å². The van der Waals surface area contributed by atoms with Gasteiger partial charge in [-0.05, 0) is 52.4 Å². The Bertz CT molecular complexity index is 464. The molecule has 0 heterocycles. The van der Waals surface area contributed by atoms with Crippen LogP contribution in [0.15, 0.2) is 0 Å². The van der Waals surface area contributed by atoms with Crippen LogP contribution in [0.2, 0.25) is 0 Å². The highest BCUT2D eigenvalue weighted by molar-refractivity contribution is 6.04. The molecule has 2 atom stereocenters. The Morgan fingerprint density at radius 2 is 0.815 bits per heavy atom. The van der Waals surface area contributed by atoms with E-state index in [1.807, 2.05) is 41.5 Å².